The molecule has 0 saturated heterocycles. The summed E-state index contributed by atoms with van der Waals surface area (Å²) >= 11 is 0. The van der Waals surface area contributed by atoms with E-state index in [2.05, 4.69) is 25.3 Å². The predicted molar refractivity (Wildman–Crippen MR) is 122 cm³/mol. The molecule has 3 heterocycles. The van der Waals surface area contributed by atoms with Crippen molar-refractivity contribution in [2.45, 2.75) is 31.3 Å². The van der Waals surface area contributed by atoms with E-state index in [-0.39, 0.29) is 23.9 Å². The number of methoxy groups -OCH3 is 2. The molecule has 11 nitrogen and oxygen atoms in total. The molecule has 184 valence electrons. The number of benzene rings is 1. The highest BCUT2D eigenvalue weighted by atomic mass is 32.2. The molecule has 4 rings (SSSR count). The van der Waals surface area contributed by atoms with Gasteiger partial charge in [-0.2, -0.15) is 0 Å². The first-order valence-corrected chi connectivity index (χ1v) is 12.2. The highest BCUT2D eigenvalue weighted by Crippen LogP contribution is 2.36. The molecule has 35 heavy (non-hydrogen) atoms. The second-order valence-electron chi connectivity index (χ2n) is 7.76. The first kappa shape index (κ1) is 24.3. The van der Waals surface area contributed by atoms with Crippen LogP contribution in [0.5, 0.6) is 11.5 Å². The van der Waals surface area contributed by atoms with Crippen molar-refractivity contribution in [3.8, 4) is 28.8 Å². The fourth-order valence-corrected chi connectivity index (χ4v) is 4.71. The number of halogens is 1. The van der Waals surface area contributed by atoms with Gasteiger partial charge in [0.1, 0.15) is 28.8 Å². The fraction of sp³-hybridized carbons (Fsp3) is 0.318. The molecule has 0 aliphatic rings. The summed E-state index contributed by atoms with van der Waals surface area (Å²) in [5.74, 6) is 0.611. The third-order valence-electron chi connectivity index (χ3n) is 5.29. The molecule has 1 atom stereocenters. The van der Waals surface area contributed by atoms with Crippen molar-refractivity contribution >= 4 is 9.84 Å². The molecule has 0 aliphatic heterocycles. The second kappa shape index (κ2) is 9.78. The molecule has 0 N–H and O–H groups in total. The zero-order valence-corrected chi connectivity index (χ0v) is 20.3. The van der Waals surface area contributed by atoms with Gasteiger partial charge in [-0.25, -0.2) is 22.8 Å². The van der Waals surface area contributed by atoms with E-state index in [0.29, 0.717) is 28.6 Å². The van der Waals surface area contributed by atoms with Crippen LogP contribution in [0.4, 0.5) is 4.39 Å². The van der Waals surface area contributed by atoms with Crippen LogP contribution in [0.3, 0.4) is 0 Å². The van der Waals surface area contributed by atoms with Gasteiger partial charge in [0, 0.05) is 12.5 Å². The molecule has 0 radical (unpaired) electrons. The highest BCUT2D eigenvalue weighted by molar-refractivity contribution is 7.91. The van der Waals surface area contributed by atoms with E-state index in [1.807, 2.05) is 0 Å². The summed E-state index contributed by atoms with van der Waals surface area (Å²) in [6.45, 7) is 3.29. The van der Waals surface area contributed by atoms with Gasteiger partial charge in [0.15, 0.2) is 21.5 Å². The van der Waals surface area contributed by atoms with Crippen molar-refractivity contribution in [3.63, 3.8) is 0 Å². The lowest BCUT2D eigenvalue weighted by Crippen LogP contribution is -2.24. The lowest BCUT2D eigenvalue weighted by atomic mass is 10.2. The molecular formula is C22H23FN6O5S. The Morgan fingerprint density at radius 3 is 2.34 bits per heavy atom. The summed E-state index contributed by atoms with van der Waals surface area (Å²) in [7, 11) is -0.804. The minimum Gasteiger partial charge on any atom is -0.494 e. The van der Waals surface area contributed by atoms with Crippen LogP contribution in [0.25, 0.3) is 17.3 Å². The smallest absolute Gasteiger partial charge is 0.207 e. The van der Waals surface area contributed by atoms with Crippen LogP contribution < -0.4 is 9.47 Å². The Morgan fingerprint density at radius 2 is 1.77 bits per heavy atom. The van der Waals surface area contributed by atoms with Crippen LogP contribution in [0.15, 0.2) is 41.2 Å². The zero-order valence-electron chi connectivity index (χ0n) is 19.5. The molecule has 0 amide bonds. The first-order valence-electron chi connectivity index (χ1n) is 10.5. The number of nitrogens with zero attached hydrogens (tertiary/aromatic N) is 6. The Hall–Kier alpha value is -3.87. The summed E-state index contributed by atoms with van der Waals surface area (Å²) in [6, 6.07) is 6.82. The molecule has 0 aliphatic carbocycles. The number of sulfone groups is 1. The minimum absolute atomic E-state index is 0.00286. The largest absolute Gasteiger partial charge is 0.494 e. The van der Waals surface area contributed by atoms with Crippen LogP contribution >= 0.6 is 0 Å². The molecule has 0 fully saturated rings. The average Bonchev–Trinajstić information content (AvgIpc) is 3.45. The molecule has 13 heteroatoms. The lowest BCUT2D eigenvalue weighted by molar-refractivity contribution is 0.390. The Bertz CT molecular complexity index is 1410. The molecule has 0 bridgehead atoms. The third-order valence-corrected chi connectivity index (χ3v) is 7.34. The summed E-state index contributed by atoms with van der Waals surface area (Å²) in [5, 5.41) is 11.4. The van der Waals surface area contributed by atoms with Crippen LogP contribution in [-0.2, 0) is 22.0 Å². The van der Waals surface area contributed by atoms with E-state index in [0.717, 1.165) is 12.4 Å². The number of hydrogen-bond donors (Lipinski definition) is 0. The van der Waals surface area contributed by atoms with Gasteiger partial charge in [-0.05, 0) is 26.0 Å². The van der Waals surface area contributed by atoms with Gasteiger partial charge in [0.05, 0.1) is 37.6 Å². The number of hydrogen-bond acceptors (Lipinski definition) is 10. The van der Waals surface area contributed by atoms with Crippen LogP contribution in [0, 0.1) is 12.7 Å². The second-order valence-corrected chi connectivity index (χ2v) is 10.2. The Balaban J connectivity index is 1.79. The summed E-state index contributed by atoms with van der Waals surface area (Å²) in [6.07, 6.45) is 2.00. The number of ether oxygens (including phenoxy) is 2. The normalized spacial score (nSPS) is 12.5. The summed E-state index contributed by atoms with van der Waals surface area (Å²) in [4.78, 5) is 7.72. The van der Waals surface area contributed by atoms with Gasteiger partial charge in [0.25, 0.3) is 0 Å². The predicted octanol–water partition coefficient (Wildman–Crippen LogP) is 2.72. The van der Waals surface area contributed by atoms with Crippen LogP contribution in [0.2, 0.25) is 0 Å². The van der Waals surface area contributed by atoms with E-state index >= 15 is 0 Å². The standard InChI is InChI=1S/C22H23FN6O5S/c1-13-8-18(34-28-13)22-27-26-20(29(22)21-16(32-3)6-5-7-17(21)33-4)12-35(30,31)14(2)9-19-24-10-15(23)11-25-19/h5-8,10-11,14H,9,12H2,1-4H3/t14-/m1/s1. The van der Waals surface area contributed by atoms with Crippen LogP contribution in [0.1, 0.15) is 24.3 Å². The minimum atomic E-state index is -3.78. The zero-order chi connectivity index (χ0) is 25.2. The van der Waals surface area contributed by atoms with E-state index in [9.17, 15) is 12.8 Å². The maximum atomic E-state index is 13.3. The van der Waals surface area contributed by atoms with E-state index in [1.165, 1.54) is 25.7 Å². The monoisotopic (exact) mass is 502 g/mol. The van der Waals surface area contributed by atoms with Crippen molar-refractivity contribution in [1.29, 1.82) is 0 Å². The molecular weight excluding hydrogens is 479 g/mol. The van der Waals surface area contributed by atoms with Crippen molar-refractivity contribution < 1.29 is 26.8 Å². The molecule has 0 unspecified atom stereocenters. The quantitative estimate of drug-likeness (QED) is 0.336. The number of aryl methyl sites for hydroxylation is 1. The molecule has 0 saturated carbocycles. The van der Waals surface area contributed by atoms with Crippen molar-refractivity contribution in [2.75, 3.05) is 14.2 Å². The lowest BCUT2D eigenvalue weighted by Gasteiger charge is -2.17. The first-order chi connectivity index (χ1) is 16.7. The van der Waals surface area contributed by atoms with Gasteiger partial charge < -0.3 is 14.0 Å². The van der Waals surface area contributed by atoms with E-state index < -0.39 is 26.7 Å². The van der Waals surface area contributed by atoms with Crippen molar-refractivity contribution in [2.24, 2.45) is 0 Å². The SMILES string of the molecule is COc1cccc(OC)c1-n1c(CS(=O)(=O)[C@H](C)Cc2ncc(F)cn2)nnc1-c1cc(C)no1. The number of para-hydroxylation sites is 1. The van der Waals surface area contributed by atoms with Gasteiger partial charge in [-0.3, -0.25) is 4.57 Å². The van der Waals surface area contributed by atoms with Gasteiger partial charge >= 0.3 is 0 Å². The third kappa shape index (κ3) is 4.99. The molecule has 4 aromatic rings. The topological polar surface area (TPSA) is 135 Å². The highest BCUT2D eigenvalue weighted by Gasteiger charge is 2.30. The Labute approximate surface area is 200 Å². The Morgan fingerprint density at radius 1 is 1.11 bits per heavy atom. The van der Waals surface area contributed by atoms with Gasteiger partial charge in [0.2, 0.25) is 11.6 Å². The maximum Gasteiger partial charge on any atom is 0.207 e. The Kier molecular flexibility index (Phi) is 6.78. The molecule has 3 aromatic heterocycles. The summed E-state index contributed by atoms with van der Waals surface area (Å²) in [5.41, 5.74) is 1.02. The average molecular weight is 503 g/mol. The number of rotatable bonds is 9. The molecule has 0 spiro atoms. The molecule has 1 aromatic carbocycles. The van der Waals surface area contributed by atoms with Crippen LogP contribution in [-0.4, -0.2) is 57.8 Å². The van der Waals surface area contributed by atoms with Crippen molar-refractivity contribution in [1.82, 2.24) is 29.9 Å². The maximum absolute atomic E-state index is 13.3. The number of aromatic nitrogens is 6. The van der Waals surface area contributed by atoms with Crippen molar-refractivity contribution in [3.05, 3.63) is 59.8 Å². The van der Waals surface area contributed by atoms with Gasteiger partial charge in [-0.1, -0.05) is 11.2 Å². The van der Waals surface area contributed by atoms with Gasteiger partial charge in [-0.15, -0.1) is 10.2 Å². The fourth-order valence-electron chi connectivity index (χ4n) is 3.48. The van der Waals surface area contributed by atoms with E-state index in [4.69, 9.17) is 14.0 Å². The summed E-state index contributed by atoms with van der Waals surface area (Å²) < 4.78 is 57.7. The van der Waals surface area contributed by atoms with E-state index in [1.54, 1.807) is 31.2 Å².